The van der Waals surface area contributed by atoms with Gasteiger partial charge in [0, 0.05) is 50.6 Å². The number of para-hydroxylation sites is 1. The molecule has 4 aromatic rings. The molecule has 1 aliphatic heterocycles. The topological polar surface area (TPSA) is 129 Å². The Morgan fingerprint density at radius 3 is 2.65 bits per heavy atom. The molecule has 2 heterocycles. The van der Waals surface area contributed by atoms with Crippen LogP contribution in [0.4, 0.5) is 14.9 Å². The minimum atomic E-state index is -3.84. The summed E-state index contributed by atoms with van der Waals surface area (Å²) in [6.45, 7) is 2.66. The second kappa shape index (κ2) is 14.0. The van der Waals surface area contributed by atoms with Crippen molar-refractivity contribution in [1.82, 2.24) is 14.5 Å². The number of rotatable bonds is 9. The summed E-state index contributed by atoms with van der Waals surface area (Å²) in [4.78, 5) is 26.8. The van der Waals surface area contributed by atoms with E-state index in [1.54, 1.807) is 47.4 Å². The van der Waals surface area contributed by atoms with Crippen LogP contribution in [-0.2, 0) is 21.3 Å². The van der Waals surface area contributed by atoms with E-state index in [0.29, 0.717) is 52.9 Å². The largest absolute Gasteiger partial charge is 0.491 e. The van der Waals surface area contributed by atoms with Crippen LogP contribution < -0.4 is 19.1 Å². The zero-order valence-electron chi connectivity index (χ0n) is 24.8. The highest BCUT2D eigenvalue weighted by Gasteiger charge is 2.26. The van der Waals surface area contributed by atoms with Gasteiger partial charge in [0.1, 0.15) is 24.8 Å². The molecule has 3 aromatic carbocycles. The van der Waals surface area contributed by atoms with Crippen molar-refractivity contribution >= 4 is 50.9 Å². The van der Waals surface area contributed by atoms with E-state index in [1.807, 2.05) is 13.0 Å². The highest BCUT2D eigenvalue weighted by atomic mass is 35.5. The molecule has 11 nitrogen and oxygen atoms in total. The Morgan fingerprint density at radius 1 is 1.11 bits per heavy atom. The molecule has 242 valence electrons. The molecule has 1 N–H and O–H groups in total. The molecule has 46 heavy (non-hydrogen) atoms. The zero-order chi connectivity index (χ0) is 33.0. The summed E-state index contributed by atoms with van der Waals surface area (Å²) < 4.78 is 58.3. The number of nitrogens with zero attached hydrogens (tertiary/aromatic N) is 3. The Balaban J connectivity index is 1.30. The molecule has 0 bridgehead atoms. The van der Waals surface area contributed by atoms with Crippen LogP contribution in [0.5, 0.6) is 11.5 Å². The Labute approximate surface area is 274 Å². The van der Waals surface area contributed by atoms with E-state index >= 15 is 4.39 Å². The van der Waals surface area contributed by atoms with Gasteiger partial charge in [-0.2, -0.15) is 5.10 Å². The normalized spacial score (nSPS) is 12.9. The summed E-state index contributed by atoms with van der Waals surface area (Å²) >= 11 is 12.4. The molecule has 15 heteroatoms. The molecule has 0 saturated heterocycles. The molecule has 0 spiro atoms. The third-order valence-electron chi connectivity index (χ3n) is 7.01. The first-order valence-electron chi connectivity index (χ1n) is 14.0. The van der Waals surface area contributed by atoms with Gasteiger partial charge in [0.2, 0.25) is 10.0 Å². The number of hydrogen-bond donors (Lipinski definition) is 1. The lowest BCUT2D eigenvalue weighted by molar-refractivity contribution is 0.0981. The second-order valence-electron chi connectivity index (χ2n) is 10.4. The van der Waals surface area contributed by atoms with Gasteiger partial charge in [-0.1, -0.05) is 41.4 Å². The monoisotopic (exact) mass is 690 g/mol. The van der Waals surface area contributed by atoms with E-state index in [4.69, 9.17) is 37.4 Å². The first kappa shape index (κ1) is 33.0. The predicted molar refractivity (Wildman–Crippen MR) is 171 cm³/mol. The third-order valence-corrected chi connectivity index (χ3v) is 8.31. The van der Waals surface area contributed by atoms with Crippen LogP contribution in [0.3, 0.4) is 0 Å². The predicted octanol–water partition coefficient (Wildman–Crippen LogP) is 5.85. The number of benzene rings is 3. The average molecular weight is 692 g/mol. The molecule has 1 aliphatic rings. The Bertz CT molecular complexity index is 1880. The maximum Gasteiger partial charge on any atom is 0.414 e. The molecule has 0 radical (unpaired) electrons. The van der Waals surface area contributed by atoms with Gasteiger partial charge < -0.3 is 14.2 Å². The number of amides is 2. The summed E-state index contributed by atoms with van der Waals surface area (Å²) in [5, 5.41) is 4.85. The van der Waals surface area contributed by atoms with Gasteiger partial charge in [0.05, 0.1) is 31.3 Å². The number of sulfonamides is 1. The second-order valence-corrected chi connectivity index (χ2v) is 12.9. The molecule has 0 atom stereocenters. The smallest absolute Gasteiger partial charge is 0.414 e. The van der Waals surface area contributed by atoms with Crippen LogP contribution >= 0.6 is 23.2 Å². The molecular formula is C31H29Cl2FN4O7S. The summed E-state index contributed by atoms with van der Waals surface area (Å²) in [5.74, 6) is -0.726. The van der Waals surface area contributed by atoms with Crippen molar-refractivity contribution in [2.45, 2.75) is 19.9 Å². The highest BCUT2D eigenvalue weighted by molar-refractivity contribution is 7.89. The molecule has 1 aromatic heterocycles. The lowest BCUT2D eigenvalue weighted by Gasteiger charge is -2.22. The van der Waals surface area contributed by atoms with Gasteiger partial charge in [0.25, 0.3) is 5.91 Å². The van der Waals surface area contributed by atoms with Crippen LogP contribution in [0.1, 0.15) is 27.9 Å². The minimum Gasteiger partial charge on any atom is -0.491 e. The molecule has 5 rings (SSSR count). The third kappa shape index (κ3) is 7.72. The quantitative estimate of drug-likeness (QED) is 0.217. The maximum atomic E-state index is 15.0. The van der Waals surface area contributed by atoms with Crippen molar-refractivity contribution in [2.75, 3.05) is 37.5 Å². The zero-order valence-corrected chi connectivity index (χ0v) is 27.1. The number of carbonyl (C=O) groups excluding carboxylic acids is 2. The fourth-order valence-corrected chi connectivity index (χ4v) is 5.68. The minimum absolute atomic E-state index is 0.0203. The number of nitrogens with one attached hydrogen (secondary N) is 1. The molecule has 0 saturated carbocycles. The van der Waals surface area contributed by atoms with Gasteiger partial charge in [-0.15, -0.1) is 0 Å². The van der Waals surface area contributed by atoms with Gasteiger partial charge >= 0.3 is 6.09 Å². The fraction of sp³-hybridized carbons (Fsp3) is 0.258. The SMILES string of the molecule is Cc1c(Cl)cccc1OCCOC(=O)N1CCCOc2c(-c3cnn(Cc4c(F)cc(C(=O)NS(C)(=O)=O)cc4Cl)c3)cccc21. The summed E-state index contributed by atoms with van der Waals surface area (Å²) in [5.41, 5.74) is 2.43. The van der Waals surface area contributed by atoms with Crippen molar-refractivity contribution in [3.8, 4) is 22.6 Å². The number of carbonyl (C=O) groups is 2. The van der Waals surface area contributed by atoms with Crippen LogP contribution in [-0.4, -0.2) is 62.8 Å². The summed E-state index contributed by atoms with van der Waals surface area (Å²) in [6, 6.07) is 12.8. The van der Waals surface area contributed by atoms with Crippen molar-refractivity contribution in [3.63, 3.8) is 0 Å². The van der Waals surface area contributed by atoms with Crippen molar-refractivity contribution in [1.29, 1.82) is 0 Å². The molecule has 0 aliphatic carbocycles. The molecule has 0 unspecified atom stereocenters. The van der Waals surface area contributed by atoms with E-state index < -0.39 is 27.8 Å². The maximum absolute atomic E-state index is 15.0. The van der Waals surface area contributed by atoms with E-state index in [2.05, 4.69) is 5.10 Å². The van der Waals surface area contributed by atoms with Crippen molar-refractivity contribution in [2.24, 2.45) is 0 Å². The number of anilines is 1. The summed E-state index contributed by atoms with van der Waals surface area (Å²) in [6.07, 6.45) is 4.07. The van der Waals surface area contributed by atoms with Crippen LogP contribution in [0.15, 0.2) is 60.9 Å². The van der Waals surface area contributed by atoms with E-state index in [0.717, 1.165) is 17.9 Å². The molecular weight excluding hydrogens is 662 g/mol. The van der Waals surface area contributed by atoms with E-state index in [1.165, 1.54) is 15.6 Å². The van der Waals surface area contributed by atoms with Gasteiger partial charge in [-0.25, -0.2) is 22.3 Å². The Hall–Kier alpha value is -4.33. The number of halogens is 3. The first-order chi connectivity index (χ1) is 21.9. The van der Waals surface area contributed by atoms with E-state index in [9.17, 15) is 18.0 Å². The van der Waals surface area contributed by atoms with Crippen LogP contribution in [0.25, 0.3) is 11.1 Å². The van der Waals surface area contributed by atoms with Crippen molar-refractivity contribution in [3.05, 3.63) is 93.5 Å². The molecule has 2 amide bonds. The van der Waals surface area contributed by atoms with Gasteiger partial charge in [-0.05, 0) is 43.7 Å². The molecule has 0 fully saturated rings. The van der Waals surface area contributed by atoms with Crippen LogP contribution in [0.2, 0.25) is 10.0 Å². The number of fused-ring (bicyclic) bond motifs is 1. The average Bonchev–Trinajstić information content (AvgIpc) is 3.35. The van der Waals surface area contributed by atoms with Crippen molar-refractivity contribution < 1.29 is 36.6 Å². The lowest BCUT2D eigenvalue weighted by Crippen LogP contribution is -2.33. The number of aromatic nitrogens is 2. The standard InChI is InChI=1S/C31H29Cl2FN4O7S/c1-19-24(32)7-4-9-28(19)43-12-13-45-31(40)38-10-5-11-44-29-22(6-3-8-27(29)38)21-16-35-37(17-21)18-23-25(33)14-20(15-26(23)34)30(39)36-46(2,41)42/h3-4,6-9,14-17H,5,10-13,18H2,1-2H3,(H,36,39). The van der Waals surface area contributed by atoms with Gasteiger partial charge in [-0.3, -0.25) is 14.4 Å². The highest BCUT2D eigenvalue weighted by Crippen LogP contribution is 2.40. The Kier molecular flexibility index (Phi) is 10.0. The van der Waals surface area contributed by atoms with Gasteiger partial charge in [0.15, 0.2) is 5.75 Å². The fourth-order valence-electron chi connectivity index (χ4n) is 4.79. The van der Waals surface area contributed by atoms with Crippen LogP contribution in [0, 0.1) is 12.7 Å². The Morgan fingerprint density at radius 2 is 1.89 bits per heavy atom. The first-order valence-corrected chi connectivity index (χ1v) is 16.7. The summed E-state index contributed by atoms with van der Waals surface area (Å²) in [7, 11) is -3.84. The number of hydrogen-bond acceptors (Lipinski definition) is 8. The lowest BCUT2D eigenvalue weighted by atomic mass is 10.1. The number of ether oxygens (including phenoxy) is 3. The van der Waals surface area contributed by atoms with E-state index in [-0.39, 0.29) is 35.9 Å².